The van der Waals surface area contributed by atoms with E-state index < -0.39 is 15.8 Å². The van der Waals surface area contributed by atoms with Gasteiger partial charge in [-0.05, 0) is 25.5 Å². The van der Waals surface area contributed by atoms with Crippen molar-refractivity contribution in [3.05, 3.63) is 23.5 Å². The van der Waals surface area contributed by atoms with Crippen molar-refractivity contribution >= 4 is 15.7 Å². The fraction of sp³-hybridized carbons (Fsp3) is 0.500. The predicted octanol–water partition coefficient (Wildman–Crippen LogP) is 1.13. The van der Waals surface area contributed by atoms with Crippen LogP contribution in [0.4, 0.5) is 10.1 Å². The fourth-order valence-corrected chi connectivity index (χ4v) is 3.74. The Morgan fingerprint density at radius 2 is 2.16 bits per heavy atom. The second-order valence-electron chi connectivity index (χ2n) is 4.66. The molecule has 1 aliphatic rings. The molecule has 0 aliphatic carbocycles. The lowest BCUT2D eigenvalue weighted by Gasteiger charge is -2.23. The molecule has 2 rings (SSSR count). The SMILES string of the molecule is Cc1c(F)cc(N)cc1S(=O)(=O)N(C)C1CCOC1. The van der Waals surface area contributed by atoms with Gasteiger partial charge in [-0.2, -0.15) is 4.31 Å². The number of halogens is 1. The highest BCUT2D eigenvalue weighted by molar-refractivity contribution is 7.89. The molecular weight excluding hydrogens is 271 g/mol. The van der Waals surface area contributed by atoms with Crippen molar-refractivity contribution in [2.45, 2.75) is 24.3 Å². The quantitative estimate of drug-likeness (QED) is 0.846. The third-order valence-corrected chi connectivity index (χ3v) is 5.43. The van der Waals surface area contributed by atoms with E-state index in [2.05, 4.69) is 0 Å². The number of nitrogen functional groups attached to an aromatic ring is 1. The Morgan fingerprint density at radius 3 is 2.74 bits per heavy atom. The van der Waals surface area contributed by atoms with E-state index in [1.54, 1.807) is 0 Å². The number of nitrogens with two attached hydrogens (primary N) is 1. The van der Waals surface area contributed by atoms with Gasteiger partial charge in [-0.1, -0.05) is 0 Å². The van der Waals surface area contributed by atoms with Gasteiger partial charge in [-0.3, -0.25) is 0 Å². The van der Waals surface area contributed by atoms with E-state index in [1.807, 2.05) is 0 Å². The number of anilines is 1. The molecule has 19 heavy (non-hydrogen) atoms. The van der Waals surface area contributed by atoms with Crippen molar-refractivity contribution in [2.24, 2.45) is 0 Å². The third-order valence-electron chi connectivity index (χ3n) is 3.40. The number of hydrogen-bond donors (Lipinski definition) is 1. The molecule has 0 saturated carbocycles. The topological polar surface area (TPSA) is 72.6 Å². The highest BCUT2D eigenvalue weighted by atomic mass is 32.2. The zero-order chi connectivity index (χ0) is 14.2. The molecule has 1 aromatic rings. The molecule has 1 fully saturated rings. The zero-order valence-corrected chi connectivity index (χ0v) is 11.7. The highest BCUT2D eigenvalue weighted by Crippen LogP contribution is 2.26. The van der Waals surface area contributed by atoms with Gasteiger partial charge < -0.3 is 10.5 Å². The van der Waals surface area contributed by atoms with Gasteiger partial charge in [-0.15, -0.1) is 0 Å². The van der Waals surface area contributed by atoms with Crippen LogP contribution >= 0.6 is 0 Å². The summed E-state index contributed by atoms with van der Waals surface area (Å²) >= 11 is 0. The average molecular weight is 288 g/mol. The Labute approximate surface area is 112 Å². The van der Waals surface area contributed by atoms with Crippen molar-refractivity contribution in [2.75, 3.05) is 26.0 Å². The Hall–Kier alpha value is -1.18. The van der Waals surface area contributed by atoms with Crippen LogP contribution in [0.15, 0.2) is 17.0 Å². The van der Waals surface area contributed by atoms with Crippen LogP contribution in [0.5, 0.6) is 0 Å². The number of rotatable bonds is 3. The van der Waals surface area contributed by atoms with Crippen LogP contribution < -0.4 is 5.73 Å². The molecule has 106 valence electrons. The summed E-state index contributed by atoms with van der Waals surface area (Å²) in [6.07, 6.45) is 0.638. The molecule has 1 saturated heterocycles. The van der Waals surface area contributed by atoms with Gasteiger partial charge in [0.15, 0.2) is 0 Å². The third kappa shape index (κ3) is 2.58. The molecule has 0 spiro atoms. The number of sulfonamides is 1. The first-order valence-corrected chi connectivity index (χ1v) is 7.39. The second-order valence-corrected chi connectivity index (χ2v) is 6.63. The van der Waals surface area contributed by atoms with Crippen LogP contribution in [0, 0.1) is 12.7 Å². The van der Waals surface area contributed by atoms with E-state index in [-0.39, 0.29) is 22.2 Å². The molecule has 1 unspecified atom stereocenters. The summed E-state index contributed by atoms with van der Waals surface area (Å²) in [5.74, 6) is -0.616. The van der Waals surface area contributed by atoms with Crippen molar-refractivity contribution in [3.8, 4) is 0 Å². The Balaban J connectivity index is 2.44. The number of hydrogen-bond acceptors (Lipinski definition) is 4. The summed E-state index contributed by atoms with van der Waals surface area (Å²) < 4.78 is 45.0. The smallest absolute Gasteiger partial charge is 0.243 e. The van der Waals surface area contributed by atoms with E-state index in [4.69, 9.17) is 10.5 Å². The van der Waals surface area contributed by atoms with Gasteiger partial charge >= 0.3 is 0 Å². The van der Waals surface area contributed by atoms with Gasteiger partial charge in [0.2, 0.25) is 10.0 Å². The Bertz CT molecular complexity index is 583. The molecule has 0 radical (unpaired) electrons. The first-order chi connectivity index (χ1) is 8.84. The minimum atomic E-state index is -3.76. The summed E-state index contributed by atoms with van der Waals surface area (Å²) in [6.45, 7) is 2.33. The molecule has 5 nitrogen and oxygen atoms in total. The van der Waals surface area contributed by atoms with E-state index in [0.717, 1.165) is 6.07 Å². The zero-order valence-electron chi connectivity index (χ0n) is 10.9. The second kappa shape index (κ2) is 5.07. The van der Waals surface area contributed by atoms with Crippen LogP contribution in [0.1, 0.15) is 12.0 Å². The molecule has 0 aromatic heterocycles. The molecule has 1 heterocycles. The van der Waals surface area contributed by atoms with Gasteiger partial charge in [0.05, 0.1) is 17.5 Å². The number of nitrogens with zero attached hydrogens (tertiary/aromatic N) is 1. The number of ether oxygens (including phenoxy) is 1. The molecule has 2 N–H and O–H groups in total. The maximum Gasteiger partial charge on any atom is 0.243 e. The Morgan fingerprint density at radius 1 is 1.47 bits per heavy atom. The molecular formula is C12H17FN2O3S. The van der Waals surface area contributed by atoms with Gasteiger partial charge in [0.1, 0.15) is 5.82 Å². The minimum Gasteiger partial charge on any atom is -0.399 e. The van der Waals surface area contributed by atoms with Crippen LogP contribution in [0.3, 0.4) is 0 Å². The lowest BCUT2D eigenvalue weighted by atomic mass is 10.2. The average Bonchev–Trinajstić information content (AvgIpc) is 2.86. The fourth-order valence-electron chi connectivity index (χ4n) is 2.10. The van der Waals surface area contributed by atoms with Crippen molar-refractivity contribution < 1.29 is 17.5 Å². The van der Waals surface area contributed by atoms with E-state index >= 15 is 0 Å². The van der Waals surface area contributed by atoms with Crippen molar-refractivity contribution in [1.29, 1.82) is 0 Å². The summed E-state index contributed by atoms with van der Waals surface area (Å²) in [5, 5.41) is 0. The molecule has 0 amide bonds. The number of benzene rings is 1. The summed E-state index contributed by atoms with van der Waals surface area (Å²) in [4.78, 5) is -0.0839. The lowest BCUT2D eigenvalue weighted by Crippen LogP contribution is -2.37. The largest absolute Gasteiger partial charge is 0.399 e. The lowest BCUT2D eigenvalue weighted by molar-refractivity contribution is 0.181. The van der Waals surface area contributed by atoms with Gasteiger partial charge in [0, 0.05) is 24.9 Å². The standard InChI is InChI=1S/C12H17FN2O3S/c1-8-11(13)5-9(14)6-12(8)19(16,17)15(2)10-3-4-18-7-10/h5-6,10H,3-4,7,14H2,1-2H3. The van der Waals surface area contributed by atoms with Crippen molar-refractivity contribution in [1.82, 2.24) is 4.31 Å². The van der Waals surface area contributed by atoms with Crippen LogP contribution in [-0.4, -0.2) is 39.0 Å². The maximum absolute atomic E-state index is 13.6. The monoisotopic (exact) mass is 288 g/mol. The normalized spacial score (nSPS) is 20.1. The minimum absolute atomic E-state index is 0.0833. The van der Waals surface area contributed by atoms with Gasteiger partial charge in [0.25, 0.3) is 0 Å². The number of likely N-dealkylation sites (N-methyl/N-ethyl adjacent to an activating group) is 1. The van der Waals surface area contributed by atoms with Crippen LogP contribution in [0.25, 0.3) is 0 Å². The first kappa shape index (κ1) is 14.2. The summed E-state index contributed by atoms with van der Waals surface area (Å²) in [5.41, 5.74) is 5.71. The molecule has 1 aromatic carbocycles. The van der Waals surface area contributed by atoms with Crippen molar-refractivity contribution in [3.63, 3.8) is 0 Å². The van der Waals surface area contributed by atoms with Crippen LogP contribution in [-0.2, 0) is 14.8 Å². The molecule has 7 heteroatoms. The van der Waals surface area contributed by atoms with E-state index in [1.165, 1.54) is 24.3 Å². The van der Waals surface area contributed by atoms with E-state index in [0.29, 0.717) is 19.6 Å². The van der Waals surface area contributed by atoms with E-state index in [9.17, 15) is 12.8 Å². The maximum atomic E-state index is 13.6. The predicted molar refractivity (Wildman–Crippen MR) is 69.7 cm³/mol. The molecule has 1 aliphatic heterocycles. The Kier molecular flexibility index (Phi) is 3.80. The molecule has 1 atom stereocenters. The summed E-state index contributed by atoms with van der Waals surface area (Å²) in [7, 11) is -2.28. The highest BCUT2D eigenvalue weighted by Gasteiger charge is 2.32. The summed E-state index contributed by atoms with van der Waals surface area (Å²) in [6, 6.07) is 2.20. The first-order valence-electron chi connectivity index (χ1n) is 5.95. The molecule has 0 bridgehead atoms. The van der Waals surface area contributed by atoms with Gasteiger partial charge in [-0.25, -0.2) is 12.8 Å². The van der Waals surface area contributed by atoms with Crippen LogP contribution in [0.2, 0.25) is 0 Å².